The summed E-state index contributed by atoms with van der Waals surface area (Å²) in [7, 11) is 1.80. The summed E-state index contributed by atoms with van der Waals surface area (Å²) in [6, 6.07) is 9.47. The Hall–Kier alpha value is -1.92. The van der Waals surface area contributed by atoms with Crippen LogP contribution in [0.4, 0.5) is 0 Å². The molecular formula is C20H28N2O4. The number of benzene rings is 1. The van der Waals surface area contributed by atoms with Crippen molar-refractivity contribution in [3.63, 3.8) is 0 Å². The van der Waals surface area contributed by atoms with E-state index in [9.17, 15) is 14.7 Å². The molecule has 142 valence electrons. The summed E-state index contributed by atoms with van der Waals surface area (Å²) in [6.07, 6.45) is 2.22. The lowest BCUT2D eigenvalue weighted by molar-refractivity contribution is -0.148. The molecule has 1 aromatic carbocycles. The summed E-state index contributed by atoms with van der Waals surface area (Å²) in [4.78, 5) is 26.7. The van der Waals surface area contributed by atoms with Crippen molar-refractivity contribution >= 4 is 11.9 Å². The summed E-state index contributed by atoms with van der Waals surface area (Å²) in [5.41, 5.74) is -0.0764. The zero-order valence-corrected chi connectivity index (χ0v) is 15.5. The van der Waals surface area contributed by atoms with Crippen molar-refractivity contribution in [1.82, 2.24) is 10.2 Å². The van der Waals surface area contributed by atoms with Crippen LogP contribution in [0.3, 0.4) is 0 Å². The Bertz CT molecular complexity index is 644. The van der Waals surface area contributed by atoms with E-state index < -0.39 is 11.5 Å². The number of carbonyl (C=O) groups is 2. The third-order valence-electron chi connectivity index (χ3n) is 6.04. The van der Waals surface area contributed by atoms with E-state index in [0.29, 0.717) is 18.9 Å². The number of hydrogen-bond acceptors (Lipinski definition) is 4. The molecule has 0 aromatic heterocycles. The first-order valence-corrected chi connectivity index (χ1v) is 9.30. The van der Waals surface area contributed by atoms with Crippen LogP contribution >= 0.6 is 0 Å². The molecule has 2 aliphatic rings. The highest BCUT2D eigenvalue weighted by Crippen LogP contribution is 2.45. The van der Waals surface area contributed by atoms with E-state index >= 15 is 0 Å². The van der Waals surface area contributed by atoms with E-state index in [4.69, 9.17) is 4.74 Å². The molecule has 1 amide bonds. The van der Waals surface area contributed by atoms with Crippen molar-refractivity contribution in [2.75, 3.05) is 26.8 Å². The van der Waals surface area contributed by atoms with Crippen LogP contribution < -0.4 is 5.32 Å². The summed E-state index contributed by atoms with van der Waals surface area (Å²) in [5, 5.41) is 12.8. The van der Waals surface area contributed by atoms with Crippen molar-refractivity contribution < 1.29 is 19.4 Å². The van der Waals surface area contributed by atoms with Crippen molar-refractivity contribution in [3.8, 4) is 0 Å². The van der Waals surface area contributed by atoms with Gasteiger partial charge in [-0.3, -0.25) is 14.5 Å². The highest BCUT2D eigenvalue weighted by Gasteiger charge is 2.54. The molecule has 2 fully saturated rings. The topological polar surface area (TPSA) is 78.9 Å². The number of ether oxygens (including phenoxy) is 1. The number of carbonyl (C=O) groups excluding carboxylic acids is 1. The third kappa shape index (κ3) is 3.62. The molecule has 0 aliphatic carbocycles. The maximum atomic E-state index is 13.0. The van der Waals surface area contributed by atoms with Gasteiger partial charge in [0.15, 0.2) is 0 Å². The highest BCUT2D eigenvalue weighted by molar-refractivity contribution is 5.85. The zero-order chi connectivity index (χ0) is 18.7. The van der Waals surface area contributed by atoms with Crippen molar-refractivity contribution in [2.24, 2.45) is 11.8 Å². The average molecular weight is 360 g/mol. The minimum absolute atomic E-state index is 0.0535. The number of hydrogen-bond donors (Lipinski definition) is 2. The molecule has 2 heterocycles. The minimum Gasteiger partial charge on any atom is -0.480 e. The molecule has 0 saturated carbocycles. The normalized spacial score (nSPS) is 30.2. The predicted molar refractivity (Wildman–Crippen MR) is 97.6 cm³/mol. The molecule has 0 bridgehead atoms. The van der Waals surface area contributed by atoms with Gasteiger partial charge in [-0.25, -0.2) is 0 Å². The van der Waals surface area contributed by atoms with Crippen LogP contribution in [0.25, 0.3) is 0 Å². The van der Waals surface area contributed by atoms with Gasteiger partial charge in [0.25, 0.3) is 0 Å². The van der Waals surface area contributed by atoms with Crippen molar-refractivity contribution in [2.45, 2.75) is 37.8 Å². The van der Waals surface area contributed by atoms with E-state index in [0.717, 1.165) is 31.6 Å². The maximum Gasteiger partial charge on any atom is 0.323 e. The lowest BCUT2D eigenvalue weighted by atomic mass is 9.89. The largest absolute Gasteiger partial charge is 0.480 e. The van der Waals surface area contributed by atoms with Gasteiger partial charge in [0.05, 0.1) is 5.92 Å². The monoisotopic (exact) mass is 360 g/mol. The minimum atomic E-state index is -1.05. The summed E-state index contributed by atoms with van der Waals surface area (Å²) >= 11 is 0. The molecule has 2 N–H and O–H groups in total. The van der Waals surface area contributed by atoms with Gasteiger partial charge in [-0.15, -0.1) is 0 Å². The van der Waals surface area contributed by atoms with E-state index in [2.05, 4.69) is 5.32 Å². The Balaban J connectivity index is 1.77. The number of nitrogens with zero attached hydrogens (tertiary/aromatic N) is 1. The van der Waals surface area contributed by atoms with Crippen LogP contribution in [-0.2, 0) is 14.3 Å². The Labute approximate surface area is 154 Å². The third-order valence-corrected chi connectivity index (χ3v) is 6.04. The number of carboxylic acids is 1. The molecule has 26 heavy (non-hydrogen) atoms. The molecule has 0 spiro atoms. The summed E-state index contributed by atoms with van der Waals surface area (Å²) < 4.78 is 5.36. The second-order valence-electron chi connectivity index (χ2n) is 7.66. The average Bonchev–Trinajstić information content (AvgIpc) is 2.94. The Morgan fingerprint density at radius 3 is 2.54 bits per heavy atom. The van der Waals surface area contributed by atoms with Crippen molar-refractivity contribution in [1.29, 1.82) is 0 Å². The van der Waals surface area contributed by atoms with Gasteiger partial charge in [0, 0.05) is 25.8 Å². The van der Waals surface area contributed by atoms with Crippen LogP contribution in [0.1, 0.15) is 37.8 Å². The Kier molecular flexibility index (Phi) is 5.63. The Morgan fingerprint density at radius 2 is 1.92 bits per heavy atom. The second-order valence-corrected chi connectivity index (χ2v) is 7.66. The molecule has 3 atom stereocenters. The number of amides is 1. The molecule has 6 heteroatoms. The number of nitrogens with one attached hydrogen (secondary N) is 1. The van der Waals surface area contributed by atoms with Gasteiger partial charge in [0.1, 0.15) is 5.54 Å². The lowest BCUT2D eigenvalue weighted by Gasteiger charge is -2.32. The van der Waals surface area contributed by atoms with Gasteiger partial charge < -0.3 is 15.2 Å². The second kappa shape index (κ2) is 7.76. The van der Waals surface area contributed by atoms with Crippen molar-refractivity contribution in [3.05, 3.63) is 35.9 Å². The van der Waals surface area contributed by atoms with E-state index in [1.165, 1.54) is 0 Å². The number of aliphatic carboxylic acids is 1. The number of likely N-dealkylation sites (N-methyl/N-ethyl adjacent to an activating group) is 1. The van der Waals surface area contributed by atoms with Gasteiger partial charge >= 0.3 is 5.97 Å². The maximum absolute atomic E-state index is 13.0. The molecule has 6 nitrogen and oxygen atoms in total. The first kappa shape index (κ1) is 18.9. The number of likely N-dealkylation sites (tertiary alicyclic amines) is 1. The molecule has 3 rings (SSSR count). The SMILES string of the molecule is CN1[C@H](c2ccccc2)[C@H](C(=O)NCC2CCOCC2)C[C@]1(C)C(=O)O. The predicted octanol–water partition coefficient (Wildman–Crippen LogP) is 2.07. The van der Waals surface area contributed by atoms with Crippen LogP contribution in [0.5, 0.6) is 0 Å². The first-order valence-electron chi connectivity index (χ1n) is 9.30. The van der Waals surface area contributed by atoms with Crippen LogP contribution in [0.15, 0.2) is 30.3 Å². The molecule has 1 aromatic rings. The zero-order valence-electron chi connectivity index (χ0n) is 15.5. The lowest BCUT2D eigenvalue weighted by Crippen LogP contribution is -2.46. The van der Waals surface area contributed by atoms with Gasteiger partial charge in [-0.1, -0.05) is 30.3 Å². The van der Waals surface area contributed by atoms with E-state index in [-0.39, 0.29) is 17.9 Å². The standard InChI is InChI=1S/C20H28N2O4/c1-20(19(24)25)12-16(17(22(20)2)15-6-4-3-5-7-15)18(23)21-13-14-8-10-26-11-9-14/h3-7,14,16-17H,8-13H2,1-2H3,(H,21,23)(H,24,25)/t16-,17-,20-/m1/s1. The highest BCUT2D eigenvalue weighted by atomic mass is 16.5. The number of carboxylic acid groups (broad SMARTS) is 1. The molecule has 2 aliphatic heterocycles. The fourth-order valence-corrected chi connectivity index (χ4v) is 4.17. The number of rotatable bonds is 5. The van der Waals surface area contributed by atoms with Crippen LogP contribution in [0.2, 0.25) is 0 Å². The molecular weight excluding hydrogens is 332 g/mol. The molecule has 0 unspecified atom stereocenters. The van der Waals surface area contributed by atoms with Gasteiger partial charge in [-0.2, -0.15) is 0 Å². The molecule has 0 radical (unpaired) electrons. The van der Waals surface area contributed by atoms with Gasteiger partial charge in [-0.05, 0) is 44.7 Å². The van der Waals surface area contributed by atoms with E-state index in [1.54, 1.807) is 14.0 Å². The molecule has 2 saturated heterocycles. The quantitative estimate of drug-likeness (QED) is 0.840. The fourth-order valence-electron chi connectivity index (χ4n) is 4.17. The smallest absolute Gasteiger partial charge is 0.323 e. The fraction of sp³-hybridized carbons (Fsp3) is 0.600. The Morgan fingerprint density at radius 1 is 1.27 bits per heavy atom. The van der Waals surface area contributed by atoms with E-state index in [1.807, 2.05) is 35.2 Å². The summed E-state index contributed by atoms with van der Waals surface area (Å²) in [6.45, 7) is 3.83. The summed E-state index contributed by atoms with van der Waals surface area (Å²) in [5.74, 6) is -0.890. The first-order chi connectivity index (χ1) is 12.4. The van der Waals surface area contributed by atoms with Gasteiger partial charge in [0.2, 0.25) is 5.91 Å². The van der Waals surface area contributed by atoms with Crippen LogP contribution in [0, 0.1) is 11.8 Å². The van der Waals surface area contributed by atoms with Crippen LogP contribution in [-0.4, -0.2) is 54.2 Å².